The fraction of sp³-hybridized carbons (Fsp3) is 0.750. The Hall–Kier alpha value is -0.910. The van der Waals surface area contributed by atoms with Gasteiger partial charge in [0.05, 0.1) is 0 Å². The molecule has 6 heteroatoms. The molecule has 0 spiro atoms. The normalized spacial score (nSPS) is 11.9. The maximum atomic E-state index is 11.0. The minimum atomic E-state index is -1.04. The molecular weight excluding hydrogens is 204 g/mol. The van der Waals surface area contributed by atoms with Crippen molar-refractivity contribution >= 4 is 23.8 Å². The van der Waals surface area contributed by atoms with Gasteiger partial charge in [0, 0.05) is 6.54 Å². The first-order valence-electron chi connectivity index (χ1n) is 4.34. The van der Waals surface area contributed by atoms with Crippen LogP contribution in [-0.4, -0.2) is 41.7 Å². The van der Waals surface area contributed by atoms with Gasteiger partial charge in [0.1, 0.15) is 6.04 Å². The van der Waals surface area contributed by atoms with E-state index in [-0.39, 0.29) is 0 Å². The summed E-state index contributed by atoms with van der Waals surface area (Å²) in [6, 6.07) is -1.28. The molecule has 0 heterocycles. The van der Waals surface area contributed by atoms with E-state index < -0.39 is 18.0 Å². The summed E-state index contributed by atoms with van der Waals surface area (Å²) >= 11 is 1.71. The lowest BCUT2D eigenvalue weighted by molar-refractivity contribution is -0.138. The van der Waals surface area contributed by atoms with E-state index in [1.165, 1.54) is 6.92 Å². The molecule has 1 atom stereocenters. The van der Waals surface area contributed by atoms with Crippen molar-refractivity contribution < 1.29 is 14.7 Å². The van der Waals surface area contributed by atoms with Gasteiger partial charge in [-0.15, -0.1) is 0 Å². The molecular formula is C8H16N2O3S. The number of thioether (sulfide) groups is 1. The SMILES string of the molecule is CSCCCNC(=O)N[C@@H](C)C(=O)O. The molecule has 82 valence electrons. The number of nitrogens with one attached hydrogen (secondary N) is 2. The minimum Gasteiger partial charge on any atom is -0.480 e. The number of aliphatic carboxylic acids is 1. The molecule has 2 amide bonds. The van der Waals surface area contributed by atoms with Gasteiger partial charge in [-0.05, 0) is 25.4 Å². The molecule has 0 rings (SSSR count). The first-order valence-corrected chi connectivity index (χ1v) is 5.73. The monoisotopic (exact) mass is 220 g/mol. The second-order valence-electron chi connectivity index (χ2n) is 2.81. The van der Waals surface area contributed by atoms with Crippen LogP contribution in [0.5, 0.6) is 0 Å². The van der Waals surface area contributed by atoms with Gasteiger partial charge in [-0.1, -0.05) is 0 Å². The predicted molar refractivity (Wildman–Crippen MR) is 56.6 cm³/mol. The molecule has 0 saturated carbocycles. The van der Waals surface area contributed by atoms with E-state index in [1.807, 2.05) is 6.26 Å². The van der Waals surface area contributed by atoms with Crippen molar-refractivity contribution in [3.8, 4) is 0 Å². The maximum Gasteiger partial charge on any atom is 0.325 e. The molecule has 0 bridgehead atoms. The Balaban J connectivity index is 3.50. The number of hydrogen-bond donors (Lipinski definition) is 3. The maximum absolute atomic E-state index is 11.0. The highest BCUT2D eigenvalue weighted by Crippen LogP contribution is 1.93. The summed E-state index contributed by atoms with van der Waals surface area (Å²) in [7, 11) is 0. The molecule has 3 N–H and O–H groups in total. The molecule has 0 aliphatic carbocycles. The van der Waals surface area contributed by atoms with Crippen molar-refractivity contribution in [2.24, 2.45) is 0 Å². The number of carboxylic acids is 1. The van der Waals surface area contributed by atoms with Crippen LogP contribution in [0.3, 0.4) is 0 Å². The summed E-state index contributed by atoms with van der Waals surface area (Å²) in [6.45, 7) is 1.99. The summed E-state index contributed by atoms with van der Waals surface area (Å²) in [5, 5.41) is 13.4. The van der Waals surface area contributed by atoms with Gasteiger partial charge in [-0.2, -0.15) is 11.8 Å². The van der Waals surface area contributed by atoms with E-state index in [4.69, 9.17) is 5.11 Å². The van der Waals surface area contributed by atoms with E-state index >= 15 is 0 Å². The van der Waals surface area contributed by atoms with Crippen LogP contribution in [0.1, 0.15) is 13.3 Å². The molecule has 14 heavy (non-hydrogen) atoms. The van der Waals surface area contributed by atoms with E-state index in [2.05, 4.69) is 10.6 Å². The Labute approximate surface area is 87.6 Å². The zero-order valence-corrected chi connectivity index (χ0v) is 9.19. The van der Waals surface area contributed by atoms with Crippen LogP contribution in [0.25, 0.3) is 0 Å². The standard InChI is InChI=1S/C8H16N2O3S/c1-6(7(11)12)10-8(13)9-4-3-5-14-2/h6H,3-5H2,1-2H3,(H,11,12)(H2,9,10,13)/t6-/m0/s1. The van der Waals surface area contributed by atoms with Crippen LogP contribution in [0, 0.1) is 0 Å². The van der Waals surface area contributed by atoms with Crippen LogP contribution >= 0.6 is 11.8 Å². The Bertz CT molecular complexity index is 199. The van der Waals surface area contributed by atoms with Crippen LogP contribution in [0.4, 0.5) is 4.79 Å². The van der Waals surface area contributed by atoms with Crippen LogP contribution < -0.4 is 10.6 Å². The molecule has 0 unspecified atom stereocenters. The lowest BCUT2D eigenvalue weighted by atomic mass is 10.3. The average molecular weight is 220 g/mol. The molecule has 0 aliphatic heterocycles. The second-order valence-corrected chi connectivity index (χ2v) is 3.79. The number of amides is 2. The number of hydrogen-bond acceptors (Lipinski definition) is 3. The van der Waals surface area contributed by atoms with Crippen molar-refractivity contribution in [1.29, 1.82) is 0 Å². The van der Waals surface area contributed by atoms with Crippen molar-refractivity contribution in [1.82, 2.24) is 10.6 Å². The van der Waals surface area contributed by atoms with Gasteiger partial charge in [-0.3, -0.25) is 4.79 Å². The quantitative estimate of drug-likeness (QED) is 0.570. The van der Waals surface area contributed by atoms with Gasteiger partial charge in [-0.25, -0.2) is 4.79 Å². The lowest BCUT2D eigenvalue weighted by Gasteiger charge is -2.10. The predicted octanol–water partition coefficient (Wildman–Crippen LogP) is 0.512. The summed E-state index contributed by atoms with van der Waals surface area (Å²) in [4.78, 5) is 21.4. The Kier molecular flexibility index (Phi) is 7.00. The van der Waals surface area contributed by atoms with Crippen molar-refractivity contribution in [3.63, 3.8) is 0 Å². The summed E-state index contributed by atoms with van der Waals surface area (Å²) in [5.41, 5.74) is 0. The summed E-state index contributed by atoms with van der Waals surface area (Å²) in [6.07, 6.45) is 2.88. The lowest BCUT2D eigenvalue weighted by Crippen LogP contribution is -2.44. The highest BCUT2D eigenvalue weighted by molar-refractivity contribution is 7.98. The van der Waals surface area contributed by atoms with Gasteiger partial charge in [0.15, 0.2) is 0 Å². The van der Waals surface area contributed by atoms with Gasteiger partial charge < -0.3 is 15.7 Å². The molecule has 5 nitrogen and oxygen atoms in total. The highest BCUT2D eigenvalue weighted by Gasteiger charge is 2.12. The van der Waals surface area contributed by atoms with E-state index in [1.54, 1.807) is 11.8 Å². The molecule has 0 aliphatic rings. The number of carboxylic acid groups (broad SMARTS) is 1. The first kappa shape index (κ1) is 13.1. The van der Waals surface area contributed by atoms with Gasteiger partial charge >= 0.3 is 12.0 Å². The fourth-order valence-corrected chi connectivity index (χ4v) is 1.16. The van der Waals surface area contributed by atoms with Gasteiger partial charge in [0.2, 0.25) is 0 Å². The topological polar surface area (TPSA) is 78.4 Å². The third-order valence-electron chi connectivity index (χ3n) is 1.53. The molecule has 0 fully saturated rings. The third-order valence-corrected chi connectivity index (χ3v) is 2.23. The molecule has 0 aromatic rings. The zero-order chi connectivity index (χ0) is 11.0. The number of rotatable bonds is 6. The van der Waals surface area contributed by atoms with Crippen LogP contribution in [0.2, 0.25) is 0 Å². The van der Waals surface area contributed by atoms with Crippen molar-refractivity contribution in [2.45, 2.75) is 19.4 Å². The molecule has 0 radical (unpaired) electrons. The highest BCUT2D eigenvalue weighted by atomic mass is 32.2. The number of urea groups is 1. The van der Waals surface area contributed by atoms with E-state index in [9.17, 15) is 9.59 Å². The van der Waals surface area contributed by atoms with E-state index in [0.717, 1.165) is 12.2 Å². The van der Waals surface area contributed by atoms with Crippen molar-refractivity contribution in [3.05, 3.63) is 0 Å². The second kappa shape index (κ2) is 7.49. The average Bonchev–Trinajstić information content (AvgIpc) is 2.12. The fourth-order valence-electron chi connectivity index (χ4n) is 0.728. The first-order chi connectivity index (χ1) is 6.57. The van der Waals surface area contributed by atoms with Gasteiger partial charge in [0.25, 0.3) is 0 Å². The smallest absolute Gasteiger partial charge is 0.325 e. The largest absolute Gasteiger partial charge is 0.480 e. The van der Waals surface area contributed by atoms with Crippen LogP contribution in [-0.2, 0) is 4.79 Å². The molecule has 0 aromatic heterocycles. The molecule has 0 saturated heterocycles. The zero-order valence-electron chi connectivity index (χ0n) is 8.37. The number of carbonyl (C=O) groups excluding carboxylic acids is 1. The Morgan fingerprint density at radius 2 is 2.14 bits per heavy atom. The summed E-state index contributed by atoms with van der Waals surface area (Å²) < 4.78 is 0. The number of carbonyl (C=O) groups is 2. The van der Waals surface area contributed by atoms with E-state index in [0.29, 0.717) is 6.54 Å². The third kappa shape index (κ3) is 6.59. The Morgan fingerprint density at radius 1 is 1.50 bits per heavy atom. The summed E-state index contributed by atoms with van der Waals surface area (Å²) in [5.74, 6) is -0.0568. The molecule has 0 aromatic carbocycles. The minimum absolute atomic E-state index is 0.430. The van der Waals surface area contributed by atoms with Crippen LogP contribution in [0.15, 0.2) is 0 Å². The Morgan fingerprint density at radius 3 is 2.64 bits per heavy atom. The van der Waals surface area contributed by atoms with Crippen molar-refractivity contribution in [2.75, 3.05) is 18.6 Å².